The van der Waals surface area contributed by atoms with Crippen molar-refractivity contribution >= 4 is 5.97 Å². The van der Waals surface area contributed by atoms with E-state index in [0.29, 0.717) is 6.54 Å². The van der Waals surface area contributed by atoms with E-state index in [1.807, 2.05) is 18.9 Å². The fraction of sp³-hybridized carbons (Fsp3) is 0.462. The molecule has 1 aromatic carbocycles. The molecule has 0 amide bonds. The van der Waals surface area contributed by atoms with E-state index >= 15 is 0 Å². The van der Waals surface area contributed by atoms with Gasteiger partial charge in [0.15, 0.2) is 0 Å². The summed E-state index contributed by atoms with van der Waals surface area (Å²) in [6, 6.07) is 6.14. The number of carbonyl (C=O) groups excluding carboxylic acids is 1. The summed E-state index contributed by atoms with van der Waals surface area (Å²) in [7, 11) is 1.88. The van der Waals surface area contributed by atoms with E-state index in [1.54, 1.807) is 12.1 Å². The van der Waals surface area contributed by atoms with Crippen LogP contribution in [0, 0.1) is 5.82 Å². The fourth-order valence-electron chi connectivity index (χ4n) is 2.08. The zero-order chi connectivity index (χ0) is 12.4. The van der Waals surface area contributed by atoms with E-state index in [1.165, 1.54) is 12.1 Å². The first kappa shape index (κ1) is 12.0. The molecule has 2 rings (SSSR count). The van der Waals surface area contributed by atoms with Crippen molar-refractivity contribution in [2.45, 2.75) is 32.0 Å². The van der Waals surface area contributed by atoms with Gasteiger partial charge in [0.2, 0.25) is 0 Å². The number of ether oxygens (including phenoxy) is 1. The lowest BCUT2D eigenvalue weighted by Crippen LogP contribution is -2.34. The largest absolute Gasteiger partial charge is 0.461 e. The average molecular weight is 237 g/mol. The van der Waals surface area contributed by atoms with Gasteiger partial charge < -0.3 is 4.74 Å². The molecule has 0 aliphatic carbocycles. The molecule has 4 heteroatoms. The molecule has 2 atom stereocenters. The molecule has 0 N–H and O–H groups in total. The molecule has 0 bridgehead atoms. The van der Waals surface area contributed by atoms with Gasteiger partial charge in [0.05, 0.1) is 0 Å². The molecule has 0 spiro atoms. The number of esters is 1. The van der Waals surface area contributed by atoms with Gasteiger partial charge in [-0.1, -0.05) is 12.1 Å². The maximum absolute atomic E-state index is 12.8. The van der Waals surface area contributed by atoms with Crippen molar-refractivity contribution in [3.63, 3.8) is 0 Å². The van der Waals surface area contributed by atoms with Crippen LogP contribution in [-0.2, 0) is 16.1 Å². The van der Waals surface area contributed by atoms with Crippen LogP contribution in [0.15, 0.2) is 24.3 Å². The Hall–Kier alpha value is -1.42. The summed E-state index contributed by atoms with van der Waals surface area (Å²) >= 11 is 0. The van der Waals surface area contributed by atoms with Crippen LogP contribution in [0.5, 0.6) is 0 Å². The highest BCUT2D eigenvalue weighted by Gasteiger charge is 2.34. The van der Waals surface area contributed by atoms with Crippen LogP contribution in [0.1, 0.15) is 18.9 Å². The second-order valence-electron chi connectivity index (χ2n) is 4.54. The molecule has 1 aliphatic heterocycles. The Kier molecular flexibility index (Phi) is 3.43. The van der Waals surface area contributed by atoms with Crippen LogP contribution in [0.3, 0.4) is 0 Å². The standard InChI is InChI=1S/C13H16FNO2/c1-9-7-12(13(16)17-9)15(2)8-10-3-5-11(14)6-4-10/h3-6,9,12H,7-8H2,1-2H3/t9-,12+/m1/s1. The van der Waals surface area contributed by atoms with Gasteiger partial charge in [0, 0.05) is 13.0 Å². The average Bonchev–Trinajstić information content (AvgIpc) is 2.61. The summed E-state index contributed by atoms with van der Waals surface area (Å²) in [5.41, 5.74) is 0.987. The van der Waals surface area contributed by atoms with Gasteiger partial charge in [-0.3, -0.25) is 9.69 Å². The third-order valence-electron chi connectivity index (χ3n) is 3.02. The van der Waals surface area contributed by atoms with Gasteiger partial charge in [-0.05, 0) is 31.7 Å². The van der Waals surface area contributed by atoms with Gasteiger partial charge in [-0.2, -0.15) is 0 Å². The number of rotatable bonds is 3. The van der Waals surface area contributed by atoms with Crippen molar-refractivity contribution in [1.82, 2.24) is 4.90 Å². The van der Waals surface area contributed by atoms with E-state index < -0.39 is 0 Å². The second-order valence-corrected chi connectivity index (χ2v) is 4.54. The topological polar surface area (TPSA) is 29.5 Å². The number of benzene rings is 1. The summed E-state index contributed by atoms with van der Waals surface area (Å²) in [5.74, 6) is -0.410. The number of hydrogen-bond donors (Lipinski definition) is 0. The molecule has 92 valence electrons. The fourth-order valence-corrected chi connectivity index (χ4v) is 2.08. The predicted octanol–water partition coefficient (Wildman–Crippen LogP) is 1.96. The van der Waals surface area contributed by atoms with Gasteiger partial charge >= 0.3 is 5.97 Å². The van der Waals surface area contributed by atoms with E-state index in [-0.39, 0.29) is 23.9 Å². The van der Waals surface area contributed by atoms with Crippen molar-refractivity contribution in [1.29, 1.82) is 0 Å². The van der Waals surface area contributed by atoms with Crippen LogP contribution < -0.4 is 0 Å². The number of nitrogens with zero attached hydrogens (tertiary/aromatic N) is 1. The quantitative estimate of drug-likeness (QED) is 0.753. The Morgan fingerprint density at radius 2 is 2.06 bits per heavy atom. The predicted molar refractivity (Wildman–Crippen MR) is 61.8 cm³/mol. The number of carbonyl (C=O) groups is 1. The molecular weight excluding hydrogens is 221 g/mol. The minimum absolute atomic E-state index is 0.0110. The Labute approximate surface area is 100 Å². The molecular formula is C13H16FNO2. The monoisotopic (exact) mass is 237 g/mol. The summed E-state index contributed by atoms with van der Waals surface area (Å²) in [6.07, 6.45) is 0.708. The van der Waals surface area contributed by atoms with Crippen LogP contribution in [0.4, 0.5) is 4.39 Å². The smallest absolute Gasteiger partial charge is 0.323 e. The molecule has 1 fully saturated rings. The zero-order valence-electron chi connectivity index (χ0n) is 10.0. The van der Waals surface area contributed by atoms with E-state index in [2.05, 4.69) is 0 Å². The molecule has 1 aliphatic rings. The van der Waals surface area contributed by atoms with Crippen LogP contribution in [0.2, 0.25) is 0 Å². The van der Waals surface area contributed by atoms with Gasteiger partial charge in [0.25, 0.3) is 0 Å². The molecule has 3 nitrogen and oxygen atoms in total. The number of halogens is 1. The first-order chi connectivity index (χ1) is 8.06. The Balaban J connectivity index is 1.99. The van der Waals surface area contributed by atoms with Crippen molar-refractivity contribution in [2.75, 3.05) is 7.05 Å². The first-order valence-electron chi connectivity index (χ1n) is 5.71. The number of likely N-dealkylation sites (N-methyl/N-ethyl adjacent to an activating group) is 1. The lowest BCUT2D eigenvalue weighted by molar-refractivity contribution is -0.144. The molecule has 0 aromatic heterocycles. The molecule has 0 unspecified atom stereocenters. The third-order valence-corrected chi connectivity index (χ3v) is 3.02. The van der Waals surface area contributed by atoms with Crippen LogP contribution in [-0.4, -0.2) is 30.1 Å². The maximum Gasteiger partial charge on any atom is 0.323 e. The molecule has 1 saturated heterocycles. The highest BCUT2D eigenvalue weighted by atomic mass is 19.1. The normalized spacial score (nSPS) is 24.1. The van der Waals surface area contributed by atoms with Gasteiger partial charge in [0.1, 0.15) is 18.0 Å². The minimum Gasteiger partial charge on any atom is -0.461 e. The third kappa shape index (κ3) is 2.82. The number of cyclic esters (lactones) is 1. The summed E-state index contributed by atoms with van der Waals surface area (Å²) < 4.78 is 17.9. The van der Waals surface area contributed by atoms with Crippen LogP contribution >= 0.6 is 0 Å². The van der Waals surface area contributed by atoms with Gasteiger partial charge in [-0.15, -0.1) is 0 Å². The van der Waals surface area contributed by atoms with Crippen molar-refractivity contribution in [3.8, 4) is 0 Å². The van der Waals surface area contributed by atoms with Crippen LogP contribution in [0.25, 0.3) is 0 Å². The zero-order valence-corrected chi connectivity index (χ0v) is 10.0. The molecule has 1 heterocycles. The Bertz CT molecular complexity index is 404. The molecule has 0 radical (unpaired) electrons. The SMILES string of the molecule is C[C@@H]1C[C@H](N(C)Cc2ccc(F)cc2)C(=O)O1. The highest BCUT2D eigenvalue weighted by molar-refractivity contribution is 5.77. The highest BCUT2D eigenvalue weighted by Crippen LogP contribution is 2.20. The molecule has 17 heavy (non-hydrogen) atoms. The summed E-state index contributed by atoms with van der Waals surface area (Å²) in [6.45, 7) is 2.51. The van der Waals surface area contributed by atoms with Crippen molar-refractivity contribution < 1.29 is 13.9 Å². The molecule has 1 aromatic rings. The lowest BCUT2D eigenvalue weighted by Gasteiger charge is -2.20. The second kappa shape index (κ2) is 4.84. The molecule has 0 saturated carbocycles. The van der Waals surface area contributed by atoms with Crippen molar-refractivity contribution in [3.05, 3.63) is 35.6 Å². The van der Waals surface area contributed by atoms with E-state index in [0.717, 1.165) is 12.0 Å². The Morgan fingerprint density at radius 3 is 2.59 bits per heavy atom. The van der Waals surface area contributed by atoms with E-state index in [9.17, 15) is 9.18 Å². The van der Waals surface area contributed by atoms with Gasteiger partial charge in [-0.25, -0.2) is 4.39 Å². The number of hydrogen-bond acceptors (Lipinski definition) is 3. The lowest BCUT2D eigenvalue weighted by atomic mass is 10.1. The summed E-state index contributed by atoms with van der Waals surface area (Å²) in [4.78, 5) is 13.5. The minimum atomic E-state index is -0.245. The summed E-state index contributed by atoms with van der Waals surface area (Å²) in [5, 5.41) is 0. The maximum atomic E-state index is 12.8. The Morgan fingerprint density at radius 1 is 1.41 bits per heavy atom. The van der Waals surface area contributed by atoms with Crippen molar-refractivity contribution in [2.24, 2.45) is 0 Å². The first-order valence-corrected chi connectivity index (χ1v) is 5.71. The van der Waals surface area contributed by atoms with E-state index in [4.69, 9.17) is 4.74 Å².